The maximum atomic E-state index is 13.1. The molecule has 0 aromatic heterocycles. The van der Waals surface area contributed by atoms with Gasteiger partial charge in [-0.15, -0.1) is 0 Å². The molecule has 1 aromatic rings. The molecule has 10 heteroatoms. The number of fused-ring (bicyclic) bond motifs is 2. The van der Waals surface area contributed by atoms with Crippen molar-refractivity contribution >= 4 is 23.6 Å². The van der Waals surface area contributed by atoms with Gasteiger partial charge in [0, 0.05) is 25.1 Å². The average Bonchev–Trinajstić information content (AvgIpc) is 3.36. The minimum atomic E-state index is -0.731. The van der Waals surface area contributed by atoms with Crippen molar-refractivity contribution in [3.05, 3.63) is 29.8 Å². The number of carbonyl (C=O) groups excluding carboxylic acids is 4. The predicted octanol–water partition coefficient (Wildman–Crippen LogP) is -1.12. The molecule has 0 radical (unpaired) electrons. The molecule has 3 saturated heterocycles. The zero-order chi connectivity index (χ0) is 21.4. The first kappa shape index (κ1) is 20.1. The highest BCUT2D eigenvalue weighted by atomic mass is 16.5. The lowest BCUT2D eigenvalue weighted by atomic mass is 10.0. The number of rotatable bonds is 6. The molecular formula is C20H24N4O6. The fraction of sp³-hybridized carbons (Fsp3) is 0.500. The molecule has 4 unspecified atom stereocenters. The standard InChI is InChI=1S/C20H24N4O6/c1-29-12-4-2-11(3-5-12)18(26)22-14-6-7-23-17(14)20(28)24-9-13(30-10-16(21)25)8-15(24)19(23)27/h2-5,13-15,17H,6-10H2,1H3,(H2,21,25)(H,22,26). The Morgan fingerprint density at radius 2 is 1.90 bits per heavy atom. The van der Waals surface area contributed by atoms with E-state index < -0.39 is 30.1 Å². The van der Waals surface area contributed by atoms with Gasteiger partial charge in [0.25, 0.3) is 5.91 Å². The van der Waals surface area contributed by atoms with Gasteiger partial charge in [0.15, 0.2) is 0 Å². The van der Waals surface area contributed by atoms with Crippen LogP contribution in [0.2, 0.25) is 0 Å². The maximum absolute atomic E-state index is 13.1. The van der Waals surface area contributed by atoms with Crippen molar-refractivity contribution in [3.8, 4) is 5.75 Å². The number of ether oxygens (including phenoxy) is 2. The SMILES string of the molecule is COc1ccc(C(=O)NC2CCN3C(=O)C4CC(OCC(N)=O)CN4C(=O)C23)cc1. The molecule has 30 heavy (non-hydrogen) atoms. The van der Waals surface area contributed by atoms with Crippen molar-refractivity contribution in [2.45, 2.75) is 37.1 Å². The van der Waals surface area contributed by atoms with E-state index >= 15 is 0 Å². The third kappa shape index (κ3) is 3.58. The molecule has 3 N–H and O–H groups in total. The van der Waals surface area contributed by atoms with Crippen molar-refractivity contribution < 1.29 is 28.7 Å². The van der Waals surface area contributed by atoms with Crippen LogP contribution in [0.15, 0.2) is 24.3 Å². The van der Waals surface area contributed by atoms with Crippen LogP contribution in [0.3, 0.4) is 0 Å². The fourth-order valence-corrected chi connectivity index (χ4v) is 4.45. The van der Waals surface area contributed by atoms with Crippen LogP contribution in [0, 0.1) is 0 Å². The summed E-state index contributed by atoms with van der Waals surface area (Å²) in [5, 5.41) is 2.90. The monoisotopic (exact) mass is 416 g/mol. The summed E-state index contributed by atoms with van der Waals surface area (Å²) < 4.78 is 10.5. The number of piperazine rings is 1. The summed E-state index contributed by atoms with van der Waals surface area (Å²) in [6, 6.07) is 4.87. The lowest BCUT2D eigenvalue weighted by Crippen LogP contribution is -2.64. The largest absolute Gasteiger partial charge is 0.497 e. The number of nitrogens with one attached hydrogen (secondary N) is 1. The second kappa shape index (κ2) is 7.94. The van der Waals surface area contributed by atoms with Gasteiger partial charge in [0.1, 0.15) is 24.4 Å². The predicted molar refractivity (Wildman–Crippen MR) is 103 cm³/mol. The van der Waals surface area contributed by atoms with Gasteiger partial charge < -0.3 is 30.3 Å². The van der Waals surface area contributed by atoms with Gasteiger partial charge in [0.05, 0.1) is 19.3 Å². The highest BCUT2D eigenvalue weighted by Crippen LogP contribution is 2.33. The highest BCUT2D eigenvalue weighted by Gasteiger charge is 2.55. The van der Waals surface area contributed by atoms with Crippen LogP contribution in [0.4, 0.5) is 0 Å². The minimum Gasteiger partial charge on any atom is -0.497 e. The first-order valence-corrected chi connectivity index (χ1v) is 9.85. The molecule has 10 nitrogen and oxygen atoms in total. The maximum Gasteiger partial charge on any atom is 0.251 e. The molecule has 3 aliphatic rings. The van der Waals surface area contributed by atoms with Crippen LogP contribution in [0.25, 0.3) is 0 Å². The number of amides is 4. The molecular weight excluding hydrogens is 392 g/mol. The quantitative estimate of drug-likeness (QED) is 0.604. The van der Waals surface area contributed by atoms with Crippen LogP contribution in [-0.4, -0.2) is 84.5 Å². The zero-order valence-corrected chi connectivity index (χ0v) is 16.6. The van der Waals surface area contributed by atoms with E-state index in [1.54, 1.807) is 36.3 Å². The van der Waals surface area contributed by atoms with Gasteiger partial charge in [-0.25, -0.2) is 0 Å². The number of primary amides is 1. The summed E-state index contributed by atoms with van der Waals surface area (Å²) in [7, 11) is 1.54. The number of benzene rings is 1. The molecule has 4 rings (SSSR count). The summed E-state index contributed by atoms with van der Waals surface area (Å²) in [6.45, 7) is 0.382. The van der Waals surface area contributed by atoms with Gasteiger partial charge in [-0.05, 0) is 30.7 Å². The number of hydrogen-bond acceptors (Lipinski definition) is 6. The Hall–Kier alpha value is -3.14. The van der Waals surface area contributed by atoms with E-state index in [9.17, 15) is 19.2 Å². The Bertz CT molecular complexity index is 873. The third-order valence-corrected chi connectivity index (χ3v) is 5.89. The zero-order valence-electron chi connectivity index (χ0n) is 16.6. The van der Waals surface area contributed by atoms with Gasteiger partial charge in [0.2, 0.25) is 17.7 Å². The molecule has 160 valence electrons. The molecule has 0 bridgehead atoms. The number of methoxy groups -OCH3 is 1. The third-order valence-electron chi connectivity index (χ3n) is 5.89. The Morgan fingerprint density at radius 3 is 2.57 bits per heavy atom. The smallest absolute Gasteiger partial charge is 0.251 e. The van der Waals surface area contributed by atoms with Crippen molar-refractivity contribution in [1.82, 2.24) is 15.1 Å². The topological polar surface area (TPSA) is 131 Å². The second-order valence-corrected chi connectivity index (χ2v) is 7.72. The highest BCUT2D eigenvalue weighted by molar-refractivity contribution is 6.00. The van der Waals surface area contributed by atoms with E-state index in [0.717, 1.165) is 0 Å². The summed E-state index contributed by atoms with van der Waals surface area (Å²) in [4.78, 5) is 52.8. The molecule has 3 heterocycles. The van der Waals surface area contributed by atoms with Crippen LogP contribution in [-0.2, 0) is 19.1 Å². The molecule has 0 spiro atoms. The number of hydrogen-bond donors (Lipinski definition) is 2. The summed E-state index contributed by atoms with van der Waals surface area (Å²) in [6.07, 6.45) is 0.429. The van der Waals surface area contributed by atoms with Crippen molar-refractivity contribution in [2.24, 2.45) is 5.73 Å². The van der Waals surface area contributed by atoms with Crippen LogP contribution < -0.4 is 15.8 Å². The fourth-order valence-electron chi connectivity index (χ4n) is 4.45. The molecule has 4 amide bonds. The number of nitrogens with zero attached hydrogens (tertiary/aromatic N) is 2. The van der Waals surface area contributed by atoms with Crippen molar-refractivity contribution in [1.29, 1.82) is 0 Å². The van der Waals surface area contributed by atoms with Crippen LogP contribution >= 0.6 is 0 Å². The van der Waals surface area contributed by atoms with Crippen LogP contribution in [0.1, 0.15) is 23.2 Å². The molecule has 3 fully saturated rings. The minimum absolute atomic E-state index is 0.147. The molecule has 0 aliphatic carbocycles. The molecule has 3 aliphatic heterocycles. The van der Waals surface area contributed by atoms with Gasteiger partial charge in [-0.3, -0.25) is 19.2 Å². The Morgan fingerprint density at radius 1 is 1.17 bits per heavy atom. The number of nitrogens with two attached hydrogens (primary N) is 1. The van der Waals surface area contributed by atoms with Crippen LogP contribution in [0.5, 0.6) is 5.75 Å². The van der Waals surface area contributed by atoms with Gasteiger partial charge >= 0.3 is 0 Å². The van der Waals surface area contributed by atoms with Gasteiger partial charge in [-0.2, -0.15) is 0 Å². The van der Waals surface area contributed by atoms with E-state index in [0.29, 0.717) is 30.7 Å². The normalized spacial score (nSPS) is 27.6. The first-order valence-electron chi connectivity index (χ1n) is 9.85. The molecule has 4 atom stereocenters. The van der Waals surface area contributed by atoms with Crippen molar-refractivity contribution in [2.75, 3.05) is 26.8 Å². The summed E-state index contributed by atoms with van der Waals surface area (Å²) in [5.74, 6) is -0.622. The first-order chi connectivity index (χ1) is 14.4. The average molecular weight is 416 g/mol. The summed E-state index contributed by atoms with van der Waals surface area (Å²) in [5.41, 5.74) is 5.56. The Kier molecular flexibility index (Phi) is 5.33. The molecule has 1 aromatic carbocycles. The Balaban J connectivity index is 1.45. The molecule has 0 saturated carbocycles. The van der Waals surface area contributed by atoms with E-state index in [2.05, 4.69) is 5.32 Å². The summed E-state index contributed by atoms with van der Waals surface area (Å²) >= 11 is 0. The number of carbonyl (C=O) groups is 4. The second-order valence-electron chi connectivity index (χ2n) is 7.72. The lowest BCUT2D eigenvalue weighted by Gasteiger charge is -2.40. The van der Waals surface area contributed by atoms with E-state index in [-0.39, 0.29) is 30.9 Å². The van der Waals surface area contributed by atoms with E-state index in [4.69, 9.17) is 15.2 Å². The van der Waals surface area contributed by atoms with Crippen molar-refractivity contribution in [3.63, 3.8) is 0 Å². The van der Waals surface area contributed by atoms with Gasteiger partial charge in [-0.1, -0.05) is 0 Å². The Labute approximate surface area is 173 Å². The lowest BCUT2D eigenvalue weighted by molar-refractivity contribution is -0.157. The van der Waals surface area contributed by atoms with E-state index in [1.165, 1.54) is 4.90 Å². The van der Waals surface area contributed by atoms with E-state index in [1.807, 2.05) is 0 Å².